The van der Waals surface area contributed by atoms with Gasteiger partial charge in [0.25, 0.3) is 10.0 Å². The van der Waals surface area contributed by atoms with Crippen molar-refractivity contribution in [2.75, 3.05) is 31.6 Å². The molecule has 0 radical (unpaired) electrons. The third-order valence-electron chi connectivity index (χ3n) is 7.49. The van der Waals surface area contributed by atoms with Gasteiger partial charge in [0, 0.05) is 25.6 Å². The summed E-state index contributed by atoms with van der Waals surface area (Å²) >= 11 is 0. The topological polar surface area (TPSA) is 105 Å². The van der Waals surface area contributed by atoms with Crippen LogP contribution < -0.4 is 19.1 Å². The molecule has 47 heavy (non-hydrogen) atoms. The first-order valence-corrected chi connectivity index (χ1v) is 16.6. The number of hydrogen-bond acceptors (Lipinski definition) is 6. The Balaban J connectivity index is 1.85. The average Bonchev–Trinajstić information content (AvgIpc) is 3.08. The van der Waals surface area contributed by atoms with Gasteiger partial charge in [0.2, 0.25) is 11.8 Å². The Labute approximate surface area is 276 Å². The van der Waals surface area contributed by atoms with Crippen molar-refractivity contribution in [3.05, 3.63) is 120 Å². The van der Waals surface area contributed by atoms with Gasteiger partial charge in [0.1, 0.15) is 29.9 Å². The number of amides is 2. The third kappa shape index (κ3) is 9.10. The number of anilines is 1. The molecule has 0 fully saturated rings. The highest BCUT2D eigenvalue weighted by molar-refractivity contribution is 7.92. The Morgan fingerprint density at radius 3 is 2.06 bits per heavy atom. The lowest BCUT2D eigenvalue weighted by molar-refractivity contribution is -0.140. The summed E-state index contributed by atoms with van der Waals surface area (Å²) in [5, 5.41) is 2.95. The van der Waals surface area contributed by atoms with Gasteiger partial charge >= 0.3 is 0 Å². The van der Waals surface area contributed by atoms with Crippen molar-refractivity contribution < 1.29 is 31.9 Å². The number of rotatable bonds is 15. The maximum Gasteiger partial charge on any atom is 0.264 e. The SMILES string of the molecule is COc1ccc(OC)c(N(CC(=O)N(Cc2ccc(F)cc2)C(Cc2ccccc2)C(=O)NCC(C)C)S(=O)(=O)c2ccccc2)c1. The fourth-order valence-corrected chi connectivity index (χ4v) is 6.43. The molecule has 0 spiro atoms. The molecule has 1 atom stereocenters. The summed E-state index contributed by atoms with van der Waals surface area (Å²) in [6.45, 7) is 3.53. The lowest BCUT2D eigenvalue weighted by Crippen LogP contribution is -2.53. The fraction of sp³-hybridized carbons (Fsp3) is 0.278. The molecule has 0 aliphatic rings. The van der Waals surface area contributed by atoms with E-state index in [0.717, 1.165) is 9.87 Å². The highest BCUT2D eigenvalue weighted by atomic mass is 32.2. The molecule has 0 aliphatic carbocycles. The number of nitrogens with one attached hydrogen (secondary N) is 1. The second-order valence-electron chi connectivity index (χ2n) is 11.4. The van der Waals surface area contributed by atoms with Gasteiger partial charge in [-0.3, -0.25) is 13.9 Å². The lowest BCUT2D eigenvalue weighted by atomic mass is 10.0. The molecule has 1 N–H and O–H groups in total. The highest BCUT2D eigenvalue weighted by Gasteiger charge is 2.35. The van der Waals surface area contributed by atoms with E-state index < -0.39 is 40.2 Å². The summed E-state index contributed by atoms with van der Waals surface area (Å²) in [6, 6.07) is 26.2. The maximum atomic E-state index is 14.6. The molecule has 4 aromatic rings. The van der Waals surface area contributed by atoms with Gasteiger partial charge in [-0.15, -0.1) is 0 Å². The second-order valence-corrected chi connectivity index (χ2v) is 13.2. The molecule has 2 amide bonds. The van der Waals surface area contributed by atoms with E-state index in [0.29, 0.717) is 17.9 Å². The third-order valence-corrected chi connectivity index (χ3v) is 9.26. The maximum absolute atomic E-state index is 14.6. The van der Waals surface area contributed by atoms with Gasteiger partial charge in [-0.25, -0.2) is 12.8 Å². The number of benzene rings is 4. The molecule has 0 saturated heterocycles. The Morgan fingerprint density at radius 1 is 0.830 bits per heavy atom. The highest BCUT2D eigenvalue weighted by Crippen LogP contribution is 2.36. The van der Waals surface area contributed by atoms with Crippen LogP contribution in [0.1, 0.15) is 25.0 Å². The molecule has 9 nitrogen and oxygen atoms in total. The molecule has 0 aromatic heterocycles. The first-order chi connectivity index (χ1) is 22.5. The first kappa shape index (κ1) is 35.0. The molecule has 0 heterocycles. The molecular formula is C36H40FN3O6S. The predicted molar refractivity (Wildman–Crippen MR) is 179 cm³/mol. The fourth-order valence-electron chi connectivity index (χ4n) is 4.99. The molecule has 0 bridgehead atoms. The van der Waals surface area contributed by atoms with Gasteiger partial charge < -0.3 is 19.7 Å². The van der Waals surface area contributed by atoms with E-state index >= 15 is 0 Å². The normalized spacial score (nSPS) is 11.9. The number of halogens is 1. The summed E-state index contributed by atoms with van der Waals surface area (Å²) in [7, 11) is -1.50. The quantitative estimate of drug-likeness (QED) is 0.182. The summed E-state index contributed by atoms with van der Waals surface area (Å²) in [4.78, 5) is 29.8. The molecular weight excluding hydrogens is 621 g/mol. The number of carbonyl (C=O) groups excluding carboxylic acids is 2. The van der Waals surface area contributed by atoms with Crippen LogP contribution in [0.15, 0.2) is 108 Å². The standard InChI is InChI=1S/C36H40FN3O6S/c1-26(2)23-38-36(42)33(21-27-11-7-5-8-12-27)39(24-28-15-17-29(37)18-16-28)35(41)25-40(47(43,44)31-13-9-6-10-14-31)32-22-30(45-3)19-20-34(32)46-4/h5-20,22,26,33H,21,23-25H2,1-4H3,(H,38,42). The number of carbonyl (C=O) groups is 2. The van der Waals surface area contributed by atoms with Crippen LogP contribution in [0.5, 0.6) is 11.5 Å². The molecule has 248 valence electrons. The van der Waals surface area contributed by atoms with Crippen LogP contribution in [0.25, 0.3) is 0 Å². The Bertz CT molecular complexity index is 1740. The van der Waals surface area contributed by atoms with Crippen molar-refractivity contribution >= 4 is 27.5 Å². The van der Waals surface area contributed by atoms with Crippen LogP contribution in [0.4, 0.5) is 10.1 Å². The van der Waals surface area contributed by atoms with Gasteiger partial charge in [-0.2, -0.15) is 0 Å². The molecule has 0 aliphatic heterocycles. The Hall–Kier alpha value is -4.90. The van der Waals surface area contributed by atoms with Crippen molar-refractivity contribution in [2.24, 2.45) is 5.92 Å². The number of nitrogens with zero attached hydrogens (tertiary/aromatic N) is 2. The van der Waals surface area contributed by atoms with E-state index in [4.69, 9.17) is 9.47 Å². The van der Waals surface area contributed by atoms with Crippen molar-refractivity contribution in [3.8, 4) is 11.5 Å². The van der Waals surface area contributed by atoms with E-state index in [1.165, 1.54) is 61.6 Å². The minimum absolute atomic E-state index is 0.0433. The van der Waals surface area contributed by atoms with Crippen LogP contribution in [0.3, 0.4) is 0 Å². The van der Waals surface area contributed by atoms with Crippen molar-refractivity contribution in [2.45, 2.75) is 37.8 Å². The summed E-state index contributed by atoms with van der Waals surface area (Å²) in [5.74, 6) is -0.816. The monoisotopic (exact) mass is 661 g/mol. The molecule has 1 unspecified atom stereocenters. The van der Waals surface area contributed by atoms with Crippen molar-refractivity contribution in [1.29, 1.82) is 0 Å². The van der Waals surface area contributed by atoms with E-state index in [9.17, 15) is 22.4 Å². The van der Waals surface area contributed by atoms with E-state index in [1.54, 1.807) is 30.3 Å². The van der Waals surface area contributed by atoms with E-state index in [-0.39, 0.29) is 35.2 Å². The van der Waals surface area contributed by atoms with Gasteiger partial charge in [-0.1, -0.05) is 74.5 Å². The zero-order valence-electron chi connectivity index (χ0n) is 26.9. The smallest absolute Gasteiger partial charge is 0.264 e. The Morgan fingerprint density at radius 2 is 1.47 bits per heavy atom. The summed E-state index contributed by atoms with van der Waals surface area (Å²) < 4.78 is 54.3. The van der Waals surface area contributed by atoms with Crippen LogP contribution in [0, 0.1) is 11.7 Å². The van der Waals surface area contributed by atoms with Crippen LogP contribution in [-0.2, 0) is 32.6 Å². The zero-order chi connectivity index (χ0) is 34.0. The molecule has 0 saturated carbocycles. The summed E-state index contributed by atoms with van der Waals surface area (Å²) in [5.41, 5.74) is 1.44. The molecule has 4 rings (SSSR count). The zero-order valence-corrected chi connectivity index (χ0v) is 27.7. The van der Waals surface area contributed by atoms with Crippen molar-refractivity contribution in [3.63, 3.8) is 0 Å². The minimum atomic E-state index is -4.34. The van der Waals surface area contributed by atoms with Crippen LogP contribution in [0.2, 0.25) is 0 Å². The first-order valence-electron chi connectivity index (χ1n) is 15.2. The van der Waals surface area contributed by atoms with Crippen LogP contribution in [-0.4, -0.2) is 58.5 Å². The van der Waals surface area contributed by atoms with Gasteiger partial charge in [0.15, 0.2) is 0 Å². The van der Waals surface area contributed by atoms with E-state index in [2.05, 4.69) is 5.32 Å². The average molecular weight is 662 g/mol. The summed E-state index contributed by atoms with van der Waals surface area (Å²) in [6.07, 6.45) is 0.158. The number of hydrogen-bond donors (Lipinski definition) is 1. The number of methoxy groups -OCH3 is 2. The largest absolute Gasteiger partial charge is 0.497 e. The molecule has 11 heteroatoms. The van der Waals surface area contributed by atoms with Crippen molar-refractivity contribution in [1.82, 2.24) is 10.2 Å². The van der Waals surface area contributed by atoms with E-state index in [1.807, 2.05) is 44.2 Å². The number of sulfonamides is 1. The van der Waals surface area contributed by atoms with Crippen LogP contribution >= 0.6 is 0 Å². The Kier molecular flexibility index (Phi) is 12.0. The lowest BCUT2D eigenvalue weighted by Gasteiger charge is -2.34. The van der Waals surface area contributed by atoms with Gasteiger partial charge in [0.05, 0.1) is 24.8 Å². The second kappa shape index (κ2) is 16.1. The number of ether oxygens (including phenoxy) is 2. The molecule has 4 aromatic carbocycles. The van der Waals surface area contributed by atoms with Gasteiger partial charge in [-0.05, 0) is 53.4 Å². The minimum Gasteiger partial charge on any atom is -0.497 e. The predicted octanol–water partition coefficient (Wildman–Crippen LogP) is 5.45.